The van der Waals surface area contributed by atoms with Gasteiger partial charge in [0.25, 0.3) is 0 Å². The number of nitriles is 2. The molecule has 7 heteroatoms. The van der Waals surface area contributed by atoms with Crippen molar-refractivity contribution in [3.63, 3.8) is 0 Å². The normalized spacial score (nSPS) is 14.4. The minimum absolute atomic E-state index is 0.597. The number of anilines is 9. The van der Waals surface area contributed by atoms with Gasteiger partial charge in [-0.3, -0.25) is 0 Å². The van der Waals surface area contributed by atoms with Crippen LogP contribution in [0, 0.1) is 22.7 Å². The fraction of sp³-hybridized carbons (Fsp3) is 0.0833. The van der Waals surface area contributed by atoms with E-state index in [1.807, 2.05) is 48.5 Å². The van der Waals surface area contributed by atoms with Crippen molar-refractivity contribution in [1.29, 1.82) is 10.5 Å². The van der Waals surface area contributed by atoms with Gasteiger partial charge in [-0.15, -0.1) is 0 Å². The zero-order valence-electron chi connectivity index (χ0n) is 31.3. The van der Waals surface area contributed by atoms with E-state index in [1.54, 1.807) is 0 Å². The molecule has 9 rings (SSSR count). The van der Waals surface area contributed by atoms with Crippen molar-refractivity contribution in [1.82, 2.24) is 0 Å². The Labute approximate surface area is 325 Å². The van der Waals surface area contributed by atoms with Crippen LogP contribution in [0.25, 0.3) is 0 Å². The molecule has 0 radical (unpaired) electrons. The van der Waals surface area contributed by atoms with E-state index in [0.29, 0.717) is 11.1 Å². The molecule has 0 saturated carbocycles. The van der Waals surface area contributed by atoms with Gasteiger partial charge in [-0.2, -0.15) is 10.5 Å². The van der Waals surface area contributed by atoms with Gasteiger partial charge in [0.2, 0.25) is 0 Å². The molecule has 2 aliphatic heterocycles. The van der Waals surface area contributed by atoms with E-state index in [9.17, 15) is 10.5 Å². The van der Waals surface area contributed by atoms with Crippen LogP contribution in [0.15, 0.2) is 164 Å². The molecule has 0 aliphatic carbocycles. The molecule has 0 bridgehead atoms. The van der Waals surface area contributed by atoms with Crippen LogP contribution >= 0.6 is 0 Å². The van der Waals surface area contributed by atoms with Crippen molar-refractivity contribution in [2.24, 2.45) is 0 Å². The third-order valence-corrected chi connectivity index (χ3v) is 18.5. The molecule has 55 heavy (non-hydrogen) atoms. The lowest BCUT2D eigenvalue weighted by atomic mass is 10.1. The minimum atomic E-state index is -2.03. The van der Waals surface area contributed by atoms with Gasteiger partial charge < -0.3 is 14.7 Å². The summed E-state index contributed by atoms with van der Waals surface area (Å²) in [6.45, 7) is 9.81. The van der Waals surface area contributed by atoms with Crippen LogP contribution in [-0.4, -0.2) is 16.1 Å². The number of para-hydroxylation sites is 4. The van der Waals surface area contributed by atoms with Gasteiger partial charge >= 0.3 is 0 Å². The minimum Gasteiger partial charge on any atom is -0.311 e. The molecule has 5 nitrogen and oxygen atoms in total. The van der Waals surface area contributed by atoms with Gasteiger partial charge in [0.1, 0.15) is 16.1 Å². The number of rotatable bonds is 5. The number of fused-ring (bicyclic) bond motifs is 4. The first kappa shape index (κ1) is 34.1. The van der Waals surface area contributed by atoms with E-state index in [0.717, 1.165) is 28.4 Å². The summed E-state index contributed by atoms with van der Waals surface area (Å²) in [7, 11) is -4.07. The van der Waals surface area contributed by atoms with E-state index < -0.39 is 16.1 Å². The molecular formula is C48H39N5Si2. The summed E-state index contributed by atoms with van der Waals surface area (Å²) in [5.74, 6) is 0. The smallest absolute Gasteiger partial charge is 0.117 e. The van der Waals surface area contributed by atoms with Crippen LogP contribution in [0.5, 0.6) is 0 Å². The van der Waals surface area contributed by atoms with Gasteiger partial charge in [-0.1, -0.05) is 99.0 Å². The summed E-state index contributed by atoms with van der Waals surface area (Å²) < 4.78 is 0. The number of nitrogens with zero attached hydrogens (tertiary/aromatic N) is 5. The molecule has 2 aliphatic rings. The predicted molar refractivity (Wildman–Crippen MR) is 233 cm³/mol. The highest BCUT2D eigenvalue weighted by atomic mass is 28.3. The Kier molecular flexibility index (Phi) is 8.09. The Bertz CT molecular complexity index is 2420. The maximum Gasteiger partial charge on any atom is 0.117 e. The Hall–Kier alpha value is -6.65. The van der Waals surface area contributed by atoms with Crippen LogP contribution in [0.1, 0.15) is 11.1 Å². The van der Waals surface area contributed by atoms with E-state index in [4.69, 9.17) is 0 Å². The highest BCUT2D eigenvalue weighted by Gasteiger charge is 2.40. The number of hydrogen-bond donors (Lipinski definition) is 0. The topological polar surface area (TPSA) is 57.3 Å². The Morgan fingerprint density at radius 2 is 0.709 bits per heavy atom. The fourth-order valence-corrected chi connectivity index (χ4v) is 14.7. The Balaban J connectivity index is 1.36. The second-order valence-electron chi connectivity index (χ2n) is 15.3. The molecule has 2 heterocycles. The second-order valence-corrected chi connectivity index (χ2v) is 24.0. The molecule has 0 aromatic heterocycles. The Morgan fingerprint density at radius 1 is 0.400 bits per heavy atom. The van der Waals surface area contributed by atoms with E-state index in [-0.39, 0.29) is 0 Å². The third kappa shape index (κ3) is 5.48. The van der Waals surface area contributed by atoms with Crippen molar-refractivity contribution in [2.75, 3.05) is 14.7 Å². The third-order valence-electron chi connectivity index (χ3n) is 11.4. The lowest BCUT2D eigenvalue weighted by molar-refractivity contribution is 1.22. The molecule has 0 N–H and O–H groups in total. The molecule has 0 saturated heterocycles. The van der Waals surface area contributed by atoms with E-state index >= 15 is 0 Å². The van der Waals surface area contributed by atoms with Crippen molar-refractivity contribution < 1.29 is 0 Å². The fourth-order valence-electron chi connectivity index (χ4n) is 8.68. The summed E-state index contributed by atoms with van der Waals surface area (Å²) in [6.07, 6.45) is 0. The predicted octanol–water partition coefficient (Wildman–Crippen LogP) is 10.1. The van der Waals surface area contributed by atoms with Crippen molar-refractivity contribution in [3.8, 4) is 12.1 Å². The summed E-state index contributed by atoms with van der Waals surface area (Å²) in [5, 5.41) is 25.0. The van der Waals surface area contributed by atoms with Gasteiger partial charge in [-0.25, -0.2) is 0 Å². The quantitative estimate of drug-likeness (QED) is 0.165. The average Bonchev–Trinajstić information content (AvgIpc) is 3.22. The standard InChI is InChI=1S/C48H39N5Si2/c1-54(2)45-17-9-5-13-41(45)52(42-14-6-10-18-46(42)54)39-29-38(51(36-25-21-34(32-49)22-26-36)37-27-23-35(33-50)24-28-37)30-40(31-39)53-43-15-7-11-19-47(43)55(3,4)48-20-12-8-16-44(48)53/h5-31H,1-4H3. The zero-order chi connectivity index (χ0) is 37.9. The Morgan fingerprint density at radius 3 is 1.02 bits per heavy atom. The van der Waals surface area contributed by atoms with Gasteiger partial charge in [0.15, 0.2) is 0 Å². The molecule has 0 fully saturated rings. The van der Waals surface area contributed by atoms with Crippen LogP contribution in [0.4, 0.5) is 51.2 Å². The number of hydrogen-bond acceptors (Lipinski definition) is 5. The second kappa shape index (κ2) is 13.0. The SMILES string of the molecule is C[Si]1(C)c2ccccc2N(c2cc(N(c3ccc(C#N)cc3)c3ccc(C#N)cc3)cc(N3c4ccccc4[Si](C)(C)c4ccccc43)c2)c2ccccc21. The first-order valence-corrected chi connectivity index (χ1v) is 24.6. The zero-order valence-corrected chi connectivity index (χ0v) is 33.3. The van der Waals surface area contributed by atoms with Crippen molar-refractivity contribution >= 4 is 88.1 Å². The molecule has 264 valence electrons. The summed E-state index contributed by atoms with van der Waals surface area (Å²) in [6, 6.07) is 62.6. The first-order valence-electron chi connectivity index (χ1n) is 18.6. The molecule has 0 amide bonds. The lowest BCUT2D eigenvalue weighted by Gasteiger charge is -2.43. The average molecular weight is 742 g/mol. The number of benzene rings is 7. The first-order chi connectivity index (χ1) is 26.7. The lowest BCUT2D eigenvalue weighted by Crippen LogP contribution is -2.58. The molecule has 7 aromatic rings. The van der Waals surface area contributed by atoms with Crippen LogP contribution in [-0.2, 0) is 0 Å². The van der Waals surface area contributed by atoms with E-state index in [1.165, 1.54) is 43.5 Å². The van der Waals surface area contributed by atoms with Gasteiger partial charge in [0, 0.05) is 34.1 Å². The molecular weight excluding hydrogens is 703 g/mol. The van der Waals surface area contributed by atoms with Crippen LogP contribution in [0.3, 0.4) is 0 Å². The van der Waals surface area contributed by atoms with Crippen LogP contribution in [0.2, 0.25) is 26.2 Å². The van der Waals surface area contributed by atoms with Gasteiger partial charge in [-0.05, 0) is 112 Å². The maximum absolute atomic E-state index is 9.71. The van der Waals surface area contributed by atoms with Crippen molar-refractivity contribution in [3.05, 3.63) is 175 Å². The molecule has 0 atom stereocenters. The summed E-state index contributed by atoms with van der Waals surface area (Å²) in [5.41, 5.74) is 10.9. The molecule has 0 unspecified atom stereocenters. The highest BCUT2D eigenvalue weighted by Crippen LogP contribution is 2.47. The van der Waals surface area contributed by atoms with E-state index in [2.05, 4.69) is 168 Å². The van der Waals surface area contributed by atoms with Crippen LogP contribution < -0.4 is 35.4 Å². The van der Waals surface area contributed by atoms with Gasteiger partial charge in [0.05, 0.1) is 40.3 Å². The summed E-state index contributed by atoms with van der Waals surface area (Å²) in [4.78, 5) is 7.13. The molecule has 0 spiro atoms. The van der Waals surface area contributed by atoms with Crippen molar-refractivity contribution in [2.45, 2.75) is 26.2 Å². The largest absolute Gasteiger partial charge is 0.311 e. The summed E-state index contributed by atoms with van der Waals surface area (Å²) >= 11 is 0. The monoisotopic (exact) mass is 741 g/mol. The highest BCUT2D eigenvalue weighted by molar-refractivity contribution is 7.03. The molecule has 7 aromatic carbocycles. The maximum atomic E-state index is 9.71.